The number of carbonyl (C=O) groups is 1. The van der Waals surface area contributed by atoms with Gasteiger partial charge < -0.3 is 15.3 Å². The van der Waals surface area contributed by atoms with Gasteiger partial charge in [0, 0.05) is 25.6 Å². The van der Waals surface area contributed by atoms with E-state index in [-0.39, 0.29) is 12.6 Å². The fourth-order valence-corrected chi connectivity index (χ4v) is 2.48. The molecule has 1 saturated carbocycles. The Balaban J connectivity index is 1.63. The molecule has 0 radical (unpaired) electrons. The molecule has 0 bridgehead atoms. The minimum Gasteiger partial charge on any atom is -0.396 e. The van der Waals surface area contributed by atoms with Crippen LogP contribution in [0.5, 0.6) is 0 Å². The summed E-state index contributed by atoms with van der Waals surface area (Å²) in [7, 11) is 0. The lowest BCUT2D eigenvalue weighted by molar-refractivity contribution is 0.199. The number of urea groups is 1. The van der Waals surface area contributed by atoms with Crippen LogP contribution in [0.15, 0.2) is 42.7 Å². The van der Waals surface area contributed by atoms with Crippen molar-refractivity contribution >= 4 is 11.7 Å². The van der Waals surface area contributed by atoms with Crippen molar-refractivity contribution < 1.29 is 9.90 Å². The summed E-state index contributed by atoms with van der Waals surface area (Å²) in [5, 5.41) is 11.9. The lowest BCUT2D eigenvalue weighted by Crippen LogP contribution is -2.35. The van der Waals surface area contributed by atoms with E-state index in [4.69, 9.17) is 5.11 Å². The van der Waals surface area contributed by atoms with E-state index in [1.165, 1.54) is 0 Å². The van der Waals surface area contributed by atoms with Crippen LogP contribution in [-0.4, -0.2) is 39.2 Å². The minimum atomic E-state index is -0.213. The lowest BCUT2D eigenvalue weighted by Gasteiger charge is -2.23. The van der Waals surface area contributed by atoms with Gasteiger partial charge in [0.25, 0.3) is 0 Å². The largest absolute Gasteiger partial charge is 0.396 e. The van der Waals surface area contributed by atoms with E-state index in [0.717, 1.165) is 24.2 Å². The molecule has 2 aromatic rings. The summed E-state index contributed by atoms with van der Waals surface area (Å²) in [6.45, 7) is 1.03. The first-order valence-corrected chi connectivity index (χ1v) is 8.29. The highest BCUT2D eigenvalue weighted by Gasteiger charge is 2.26. The number of hydrogen-bond donors (Lipinski definition) is 2. The Labute approximate surface area is 141 Å². The predicted octanol–water partition coefficient (Wildman–Crippen LogP) is 2.77. The van der Waals surface area contributed by atoms with Gasteiger partial charge in [-0.05, 0) is 24.8 Å². The van der Waals surface area contributed by atoms with Gasteiger partial charge in [-0.3, -0.25) is 0 Å². The Hall–Kier alpha value is -2.47. The average Bonchev–Trinajstić information content (AvgIpc) is 3.45. The van der Waals surface area contributed by atoms with Gasteiger partial charge in [-0.1, -0.05) is 30.3 Å². The normalized spacial score (nSPS) is 13.5. The monoisotopic (exact) mass is 326 g/mol. The zero-order valence-electron chi connectivity index (χ0n) is 13.6. The maximum atomic E-state index is 12.5. The second kappa shape index (κ2) is 7.88. The molecule has 126 valence electrons. The van der Waals surface area contributed by atoms with Crippen molar-refractivity contribution in [3.05, 3.63) is 54.1 Å². The quantitative estimate of drug-likeness (QED) is 0.820. The SMILES string of the molecule is O=C(Nc1cnc(C2CC2)nc1)N(CCCO)Cc1ccccc1. The van der Waals surface area contributed by atoms with E-state index < -0.39 is 0 Å². The van der Waals surface area contributed by atoms with E-state index in [1.807, 2.05) is 30.3 Å². The Morgan fingerprint density at radius 2 is 1.92 bits per heavy atom. The molecule has 6 heteroatoms. The summed E-state index contributed by atoms with van der Waals surface area (Å²) in [6, 6.07) is 9.58. The van der Waals surface area contributed by atoms with Crippen LogP contribution in [0, 0.1) is 0 Å². The standard InChI is InChI=1S/C18H22N4O2/c23-10-4-9-22(13-14-5-2-1-3-6-14)18(24)21-16-11-19-17(20-12-16)15-7-8-15/h1-3,5-6,11-12,15,23H,4,7-10,13H2,(H,21,24). The van der Waals surface area contributed by atoms with Crippen LogP contribution in [0.25, 0.3) is 0 Å². The maximum absolute atomic E-state index is 12.5. The summed E-state index contributed by atoms with van der Waals surface area (Å²) >= 11 is 0. The van der Waals surface area contributed by atoms with E-state index in [0.29, 0.717) is 31.1 Å². The molecular weight excluding hydrogens is 304 g/mol. The van der Waals surface area contributed by atoms with Crippen LogP contribution in [0.4, 0.5) is 10.5 Å². The number of aliphatic hydroxyl groups is 1. The Kier molecular flexibility index (Phi) is 5.38. The smallest absolute Gasteiger partial charge is 0.322 e. The molecule has 1 aliphatic carbocycles. The number of nitrogens with one attached hydrogen (secondary N) is 1. The number of nitrogens with zero attached hydrogens (tertiary/aromatic N) is 3. The molecule has 0 aliphatic heterocycles. The van der Waals surface area contributed by atoms with Crippen molar-refractivity contribution in [2.24, 2.45) is 0 Å². The number of aliphatic hydroxyl groups excluding tert-OH is 1. The van der Waals surface area contributed by atoms with Crippen molar-refractivity contribution in [2.75, 3.05) is 18.5 Å². The highest BCUT2D eigenvalue weighted by atomic mass is 16.3. The number of hydrogen-bond acceptors (Lipinski definition) is 4. The predicted molar refractivity (Wildman–Crippen MR) is 91.6 cm³/mol. The fourth-order valence-electron chi connectivity index (χ4n) is 2.48. The molecule has 1 aromatic carbocycles. The number of aromatic nitrogens is 2. The zero-order chi connectivity index (χ0) is 16.8. The van der Waals surface area contributed by atoms with Crippen LogP contribution in [0.1, 0.15) is 36.6 Å². The number of rotatable bonds is 7. The highest BCUT2D eigenvalue weighted by molar-refractivity contribution is 5.88. The fraction of sp³-hybridized carbons (Fsp3) is 0.389. The van der Waals surface area contributed by atoms with E-state index in [1.54, 1.807) is 17.3 Å². The molecule has 1 fully saturated rings. The van der Waals surface area contributed by atoms with Crippen molar-refractivity contribution in [1.82, 2.24) is 14.9 Å². The van der Waals surface area contributed by atoms with E-state index in [9.17, 15) is 4.79 Å². The average molecular weight is 326 g/mol. The molecule has 6 nitrogen and oxygen atoms in total. The first-order chi connectivity index (χ1) is 11.8. The van der Waals surface area contributed by atoms with Crippen molar-refractivity contribution in [2.45, 2.75) is 31.7 Å². The van der Waals surface area contributed by atoms with Crippen LogP contribution in [0.2, 0.25) is 0 Å². The summed E-state index contributed by atoms with van der Waals surface area (Å²) in [6.07, 6.45) is 6.16. The topological polar surface area (TPSA) is 78.4 Å². The molecule has 0 spiro atoms. The summed E-state index contributed by atoms with van der Waals surface area (Å²) < 4.78 is 0. The number of benzene rings is 1. The Morgan fingerprint density at radius 1 is 1.21 bits per heavy atom. The van der Waals surface area contributed by atoms with Crippen LogP contribution in [-0.2, 0) is 6.54 Å². The molecule has 2 amide bonds. The first-order valence-electron chi connectivity index (χ1n) is 8.29. The van der Waals surface area contributed by atoms with Gasteiger partial charge >= 0.3 is 6.03 Å². The van der Waals surface area contributed by atoms with Crippen molar-refractivity contribution in [3.8, 4) is 0 Å². The van der Waals surface area contributed by atoms with Gasteiger partial charge in [-0.15, -0.1) is 0 Å². The molecule has 0 saturated heterocycles. The molecule has 2 N–H and O–H groups in total. The molecule has 1 heterocycles. The van der Waals surface area contributed by atoms with Gasteiger partial charge in [0.2, 0.25) is 0 Å². The van der Waals surface area contributed by atoms with Crippen LogP contribution in [0.3, 0.4) is 0 Å². The third-order valence-electron chi connectivity index (χ3n) is 3.96. The van der Waals surface area contributed by atoms with Gasteiger partial charge in [0.1, 0.15) is 5.82 Å². The molecule has 24 heavy (non-hydrogen) atoms. The van der Waals surface area contributed by atoms with Gasteiger partial charge in [-0.25, -0.2) is 14.8 Å². The Bertz CT molecular complexity index is 656. The molecular formula is C18H22N4O2. The van der Waals surface area contributed by atoms with Crippen LogP contribution >= 0.6 is 0 Å². The molecule has 1 aliphatic rings. The lowest BCUT2D eigenvalue weighted by atomic mass is 10.2. The first kappa shape index (κ1) is 16.4. The second-order valence-electron chi connectivity index (χ2n) is 6.02. The Morgan fingerprint density at radius 3 is 2.54 bits per heavy atom. The molecule has 0 atom stereocenters. The van der Waals surface area contributed by atoms with Gasteiger partial charge in [0.15, 0.2) is 0 Å². The molecule has 3 rings (SSSR count). The maximum Gasteiger partial charge on any atom is 0.322 e. The number of anilines is 1. The second-order valence-corrected chi connectivity index (χ2v) is 6.02. The third-order valence-corrected chi connectivity index (χ3v) is 3.96. The third kappa shape index (κ3) is 4.52. The molecule has 0 unspecified atom stereocenters. The van der Waals surface area contributed by atoms with E-state index >= 15 is 0 Å². The summed E-state index contributed by atoms with van der Waals surface area (Å²) in [4.78, 5) is 22.8. The minimum absolute atomic E-state index is 0.0533. The molecule has 1 aromatic heterocycles. The number of carbonyl (C=O) groups excluding carboxylic acids is 1. The van der Waals surface area contributed by atoms with Crippen LogP contribution < -0.4 is 5.32 Å². The van der Waals surface area contributed by atoms with Crippen molar-refractivity contribution in [1.29, 1.82) is 0 Å². The summed E-state index contributed by atoms with van der Waals surface area (Å²) in [5.74, 6) is 1.35. The number of amides is 2. The highest BCUT2D eigenvalue weighted by Crippen LogP contribution is 2.37. The summed E-state index contributed by atoms with van der Waals surface area (Å²) in [5.41, 5.74) is 1.64. The van der Waals surface area contributed by atoms with E-state index in [2.05, 4.69) is 15.3 Å². The zero-order valence-corrected chi connectivity index (χ0v) is 13.6. The van der Waals surface area contributed by atoms with Gasteiger partial charge in [0.05, 0.1) is 18.1 Å². The van der Waals surface area contributed by atoms with Gasteiger partial charge in [-0.2, -0.15) is 0 Å². The van der Waals surface area contributed by atoms with Crippen molar-refractivity contribution in [3.63, 3.8) is 0 Å².